The van der Waals surface area contributed by atoms with Gasteiger partial charge in [0.25, 0.3) is 0 Å². The fraction of sp³-hybridized carbons (Fsp3) is 0.375. The highest BCUT2D eigenvalue weighted by Gasteiger charge is 2.16. The third-order valence-corrected chi connectivity index (χ3v) is 3.94. The Labute approximate surface area is 102 Å². The van der Waals surface area contributed by atoms with Crippen LogP contribution in [0.5, 0.6) is 5.75 Å². The quantitative estimate of drug-likeness (QED) is 0.753. The van der Waals surface area contributed by atoms with Crippen LogP contribution in [0.2, 0.25) is 0 Å². The lowest BCUT2D eigenvalue weighted by atomic mass is 9.83. The molecule has 2 aromatic rings. The Balaban J connectivity index is 2.05. The van der Waals surface area contributed by atoms with Crippen LogP contribution in [0.25, 0.3) is 10.8 Å². The van der Waals surface area contributed by atoms with Gasteiger partial charge < -0.3 is 5.11 Å². The van der Waals surface area contributed by atoms with Crippen LogP contribution >= 0.6 is 0 Å². The molecule has 0 radical (unpaired) electrons. The number of benzene rings is 2. The average molecular weight is 226 g/mol. The van der Waals surface area contributed by atoms with Gasteiger partial charge in [-0.2, -0.15) is 0 Å². The van der Waals surface area contributed by atoms with E-state index in [4.69, 9.17) is 0 Å². The summed E-state index contributed by atoms with van der Waals surface area (Å²) in [5, 5.41) is 12.2. The molecule has 1 nitrogen and oxygen atoms in total. The molecule has 88 valence electrons. The smallest absolute Gasteiger partial charge is 0.123 e. The molecule has 0 aliphatic heterocycles. The van der Waals surface area contributed by atoms with Crippen molar-refractivity contribution in [2.24, 2.45) is 0 Å². The first kappa shape index (κ1) is 10.6. The van der Waals surface area contributed by atoms with Gasteiger partial charge in [-0.15, -0.1) is 0 Å². The topological polar surface area (TPSA) is 20.2 Å². The number of aromatic hydroxyl groups is 1. The SMILES string of the molecule is Oc1cc(C2CCCCC2)cc2ccccc12. The van der Waals surface area contributed by atoms with E-state index in [1.54, 1.807) is 0 Å². The van der Waals surface area contributed by atoms with Crippen molar-refractivity contribution in [3.8, 4) is 5.75 Å². The lowest BCUT2D eigenvalue weighted by molar-refractivity contribution is 0.439. The van der Waals surface area contributed by atoms with Crippen LogP contribution in [0.15, 0.2) is 36.4 Å². The molecule has 0 unspecified atom stereocenters. The molecular formula is C16H18O. The van der Waals surface area contributed by atoms with Crippen molar-refractivity contribution >= 4 is 10.8 Å². The molecule has 1 heteroatoms. The fourth-order valence-corrected chi connectivity index (χ4v) is 2.98. The first-order valence-corrected chi connectivity index (χ1v) is 6.56. The molecule has 1 N–H and O–H groups in total. The van der Waals surface area contributed by atoms with Crippen molar-refractivity contribution in [1.82, 2.24) is 0 Å². The van der Waals surface area contributed by atoms with Gasteiger partial charge in [-0.25, -0.2) is 0 Å². The number of phenolic OH excluding ortho intramolecular Hbond substituents is 1. The zero-order valence-electron chi connectivity index (χ0n) is 10.0. The molecule has 2 aromatic carbocycles. The van der Waals surface area contributed by atoms with E-state index in [9.17, 15) is 5.11 Å². The maximum atomic E-state index is 10.1. The molecule has 1 aliphatic rings. The second kappa shape index (κ2) is 4.40. The van der Waals surface area contributed by atoms with Crippen molar-refractivity contribution in [1.29, 1.82) is 0 Å². The van der Waals surface area contributed by atoms with Gasteiger partial charge in [-0.1, -0.05) is 49.6 Å². The second-order valence-electron chi connectivity index (χ2n) is 5.10. The highest BCUT2D eigenvalue weighted by molar-refractivity contribution is 5.88. The van der Waals surface area contributed by atoms with E-state index in [0.29, 0.717) is 11.7 Å². The van der Waals surface area contributed by atoms with Crippen LogP contribution in [0, 0.1) is 0 Å². The Bertz CT molecular complexity index is 524. The van der Waals surface area contributed by atoms with Gasteiger partial charge >= 0.3 is 0 Å². The first-order chi connectivity index (χ1) is 8.34. The van der Waals surface area contributed by atoms with Crippen molar-refractivity contribution in [2.75, 3.05) is 0 Å². The monoisotopic (exact) mass is 226 g/mol. The lowest BCUT2D eigenvalue weighted by Gasteiger charge is -2.22. The van der Waals surface area contributed by atoms with Gasteiger partial charge in [0.1, 0.15) is 5.75 Å². The van der Waals surface area contributed by atoms with E-state index in [2.05, 4.69) is 12.1 Å². The number of phenols is 1. The van der Waals surface area contributed by atoms with Gasteiger partial charge in [0.05, 0.1) is 0 Å². The summed E-state index contributed by atoms with van der Waals surface area (Å²) in [6, 6.07) is 12.3. The minimum absolute atomic E-state index is 0.434. The molecule has 0 spiro atoms. The summed E-state index contributed by atoms with van der Waals surface area (Å²) in [5.41, 5.74) is 1.32. The summed E-state index contributed by atoms with van der Waals surface area (Å²) in [6.45, 7) is 0. The largest absolute Gasteiger partial charge is 0.507 e. The zero-order valence-corrected chi connectivity index (χ0v) is 10.0. The number of rotatable bonds is 1. The van der Waals surface area contributed by atoms with Crippen molar-refractivity contribution in [2.45, 2.75) is 38.0 Å². The molecule has 3 rings (SSSR count). The molecule has 1 fully saturated rings. The predicted molar refractivity (Wildman–Crippen MR) is 71.4 cm³/mol. The third kappa shape index (κ3) is 2.02. The van der Waals surface area contributed by atoms with Gasteiger partial charge in [0.15, 0.2) is 0 Å². The van der Waals surface area contributed by atoms with E-state index in [0.717, 1.165) is 10.8 Å². The van der Waals surface area contributed by atoms with Crippen LogP contribution in [0.1, 0.15) is 43.6 Å². The van der Waals surface area contributed by atoms with Crippen molar-refractivity contribution in [3.63, 3.8) is 0 Å². The molecule has 1 saturated carbocycles. The summed E-state index contributed by atoms with van der Waals surface area (Å²) >= 11 is 0. The summed E-state index contributed by atoms with van der Waals surface area (Å²) in [5.74, 6) is 1.09. The van der Waals surface area contributed by atoms with E-state index < -0.39 is 0 Å². The standard InChI is InChI=1S/C16H18O/c17-16-11-14(12-6-2-1-3-7-12)10-13-8-4-5-9-15(13)16/h4-5,8-12,17H,1-3,6-7H2. The predicted octanol–water partition coefficient (Wildman–Crippen LogP) is 4.59. The van der Waals surface area contributed by atoms with Gasteiger partial charge in [-0.3, -0.25) is 0 Å². The molecule has 0 aromatic heterocycles. The van der Waals surface area contributed by atoms with Gasteiger partial charge in [0, 0.05) is 5.39 Å². The van der Waals surface area contributed by atoms with Crippen LogP contribution in [0.4, 0.5) is 0 Å². The molecular weight excluding hydrogens is 208 g/mol. The van der Waals surface area contributed by atoms with Crippen LogP contribution < -0.4 is 0 Å². The zero-order chi connectivity index (χ0) is 11.7. The molecule has 0 saturated heterocycles. The molecule has 0 heterocycles. The summed E-state index contributed by atoms with van der Waals surface area (Å²) in [6.07, 6.45) is 6.59. The molecule has 0 bridgehead atoms. The molecule has 0 atom stereocenters. The van der Waals surface area contributed by atoms with Crippen molar-refractivity contribution in [3.05, 3.63) is 42.0 Å². The minimum Gasteiger partial charge on any atom is -0.507 e. The first-order valence-electron chi connectivity index (χ1n) is 6.56. The molecule has 17 heavy (non-hydrogen) atoms. The maximum Gasteiger partial charge on any atom is 0.123 e. The van der Waals surface area contributed by atoms with E-state index in [-0.39, 0.29) is 0 Å². The third-order valence-electron chi connectivity index (χ3n) is 3.94. The lowest BCUT2D eigenvalue weighted by Crippen LogP contribution is -2.04. The molecule has 1 aliphatic carbocycles. The fourth-order valence-electron chi connectivity index (χ4n) is 2.98. The van der Waals surface area contributed by atoms with Crippen LogP contribution in [0.3, 0.4) is 0 Å². The summed E-state index contributed by atoms with van der Waals surface area (Å²) in [7, 11) is 0. The van der Waals surface area contributed by atoms with Crippen molar-refractivity contribution < 1.29 is 5.11 Å². The van der Waals surface area contributed by atoms with E-state index >= 15 is 0 Å². The highest BCUT2D eigenvalue weighted by atomic mass is 16.3. The second-order valence-corrected chi connectivity index (χ2v) is 5.10. The van der Waals surface area contributed by atoms with Gasteiger partial charge in [-0.05, 0) is 35.8 Å². The summed E-state index contributed by atoms with van der Waals surface area (Å²) in [4.78, 5) is 0. The Kier molecular flexibility index (Phi) is 2.76. The van der Waals surface area contributed by atoms with E-state index in [1.807, 2.05) is 24.3 Å². The van der Waals surface area contributed by atoms with Crippen LogP contribution in [-0.2, 0) is 0 Å². The normalized spacial score (nSPS) is 17.4. The Morgan fingerprint density at radius 3 is 2.53 bits per heavy atom. The maximum absolute atomic E-state index is 10.1. The Morgan fingerprint density at radius 2 is 1.71 bits per heavy atom. The molecule has 0 amide bonds. The summed E-state index contributed by atoms with van der Waals surface area (Å²) < 4.78 is 0. The van der Waals surface area contributed by atoms with E-state index in [1.165, 1.54) is 37.7 Å². The number of hydrogen-bond donors (Lipinski definition) is 1. The average Bonchev–Trinajstić information content (AvgIpc) is 2.40. The van der Waals surface area contributed by atoms with Gasteiger partial charge in [0.2, 0.25) is 0 Å². The Morgan fingerprint density at radius 1 is 0.941 bits per heavy atom. The van der Waals surface area contributed by atoms with Crippen LogP contribution in [-0.4, -0.2) is 5.11 Å². The number of fused-ring (bicyclic) bond motifs is 1. The minimum atomic E-state index is 0.434. The Hall–Kier alpha value is -1.50. The highest BCUT2D eigenvalue weighted by Crippen LogP contribution is 2.36. The number of hydrogen-bond acceptors (Lipinski definition) is 1.